The van der Waals surface area contributed by atoms with Gasteiger partial charge in [-0.15, -0.1) is 0 Å². The molecule has 112 valence electrons. The van der Waals surface area contributed by atoms with Gasteiger partial charge in [0, 0.05) is 30.2 Å². The van der Waals surface area contributed by atoms with Gasteiger partial charge in [-0.2, -0.15) is 0 Å². The number of benzene rings is 1. The molecule has 1 aliphatic rings. The highest BCUT2D eigenvalue weighted by Crippen LogP contribution is 2.31. The molecule has 0 spiro atoms. The normalized spacial score (nSPS) is 15.8. The molecular formula is C16H22N4S. The molecule has 0 aromatic heterocycles. The van der Waals surface area contributed by atoms with Crippen molar-refractivity contribution in [1.82, 2.24) is 10.6 Å². The van der Waals surface area contributed by atoms with E-state index in [2.05, 4.69) is 16.7 Å². The van der Waals surface area contributed by atoms with E-state index in [0.29, 0.717) is 16.7 Å². The van der Waals surface area contributed by atoms with Crippen molar-refractivity contribution in [2.75, 3.05) is 12.8 Å². The van der Waals surface area contributed by atoms with E-state index in [-0.39, 0.29) is 0 Å². The Morgan fingerprint density at radius 3 is 2.71 bits per heavy atom. The number of rotatable bonds is 4. The van der Waals surface area contributed by atoms with Crippen LogP contribution in [0.15, 0.2) is 23.9 Å². The number of anilines is 1. The predicted molar refractivity (Wildman–Crippen MR) is 93.5 cm³/mol. The molecule has 0 aliphatic heterocycles. The molecule has 1 saturated carbocycles. The van der Waals surface area contributed by atoms with Crippen LogP contribution in [-0.2, 0) is 0 Å². The zero-order chi connectivity index (χ0) is 15.2. The lowest BCUT2D eigenvalue weighted by Gasteiger charge is -2.18. The van der Waals surface area contributed by atoms with Gasteiger partial charge >= 0.3 is 0 Å². The number of nitrogens with one attached hydrogen (secondary N) is 3. The molecule has 5 N–H and O–H groups in total. The fraction of sp³-hybridized carbons (Fsp3) is 0.375. The molecule has 4 nitrogen and oxygen atoms in total. The maximum atomic E-state index is 7.40. The maximum absolute atomic E-state index is 7.40. The number of allylic oxidation sites excluding steroid dienone is 1. The first-order chi connectivity index (χ1) is 10.1. The third kappa shape index (κ3) is 4.04. The third-order valence-electron chi connectivity index (χ3n) is 3.87. The summed E-state index contributed by atoms with van der Waals surface area (Å²) in [5, 5.41) is 14.3. The summed E-state index contributed by atoms with van der Waals surface area (Å²) in [4.78, 5) is 0. The molecule has 2 rings (SSSR count). The van der Waals surface area contributed by atoms with Crippen molar-refractivity contribution in [3.8, 4) is 0 Å². The Hall–Kier alpha value is -1.88. The summed E-state index contributed by atoms with van der Waals surface area (Å²) in [6, 6.07) is 5.75. The van der Waals surface area contributed by atoms with Gasteiger partial charge in [0.25, 0.3) is 0 Å². The Bertz CT molecular complexity index is 559. The minimum Gasteiger partial charge on any atom is -0.398 e. The Kier molecular flexibility index (Phi) is 5.33. The third-order valence-corrected chi connectivity index (χ3v) is 4.17. The fourth-order valence-electron chi connectivity index (χ4n) is 2.67. The van der Waals surface area contributed by atoms with Crippen LogP contribution in [0, 0.1) is 11.3 Å². The van der Waals surface area contributed by atoms with Crippen LogP contribution in [-0.4, -0.2) is 18.4 Å². The molecule has 1 aromatic carbocycles. The largest absolute Gasteiger partial charge is 0.398 e. The Morgan fingerprint density at radius 2 is 2.10 bits per heavy atom. The van der Waals surface area contributed by atoms with E-state index >= 15 is 0 Å². The van der Waals surface area contributed by atoms with E-state index in [1.54, 1.807) is 0 Å². The molecule has 0 amide bonds. The van der Waals surface area contributed by atoms with Crippen LogP contribution in [0.3, 0.4) is 0 Å². The molecule has 1 aromatic rings. The molecule has 21 heavy (non-hydrogen) atoms. The summed E-state index contributed by atoms with van der Waals surface area (Å²) in [6.07, 6.45) is 8.32. The molecule has 0 bridgehead atoms. The van der Waals surface area contributed by atoms with Crippen molar-refractivity contribution in [2.24, 2.45) is 5.92 Å². The van der Waals surface area contributed by atoms with E-state index in [1.165, 1.54) is 31.9 Å². The lowest BCUT2D eigenvalue weighted by atomic mass is 10.0. The summed E-state index contributed by atoms with van der Waals surface area (Å²) in [5.41, 5.74) is 9.39. The lowest BCUT2D eigenvalue weighted by Crippen LogP contribution is -2.33. The quantitative estimate of drug-likeness (QED) is 0.392. The first kappa shape index (κ1) is 15.5. The molecule has 0 saturated heterocycles. The van der Waals surface area contributed by atoms with E-state index in [9.17, 15) is 0 Å². The van der Waals surface area contributed by atoms with Gasteiger partial charge in [0.2, 0.25) is 0 Å². The zero-order valence-electron chi connectivity index (χ0n) is 12.3. The second-order valence-corrected chi connectivity index (χ2v) is 5.73. The highest BCUT2D eigenvalue weighted by Gasteiger charge is 2.20. The van der Waals surface area contributed by atoms with Crippen molar-refractivity contribution >= 4 is 35.3 Å². The summed E-state index contributed by atoms with van der Waals surface area (Å²) in [5.74, 6) is 0.525. The number of hydrogen-bond donors (Lipinski definition) is 4. The van der Waals surface area contributed by atoms with Crippen molar-refractivity contribution in [1.29, 1.82) is 5.41 Å². The van der Waals surface area contributed by atoms with Gasteiger partial charge in [-0.1, -0.05) is 18.9 Å². The lowest BCUT2D eigenvalue weighted by molar-refractivity contribution is 0.620. The van der Waals surface area contributed by atoms with Crippen LogP contribution in [0.2, 0.25) is 0 Å². The van der Waals surface area contributed by atoms with Crippen LogP contribution in [0.1, 0.15) is 36.8 Å². The second-order valence-electron chi connectivity index (χ2n) is 5.32. The van der Waals surface area contributed by atoms with Crippen molar-refractivity contribution in [2.45, 2.75) is 25.7 Å². The summed E-state index contributed by atoms with van der Waals surface area (Å²) < 4.78 is 0. The number of nitrogen functional groups attached to an aromatic ring is 1. The second kappa shape index (κ2) is 7.22. The zero-order valence-corrected chi connectivity index (χ0v) is 13.1. The van der Waals surface area contributed by atoms with Crippen LogP contribution in [0.25, 0.3) is 6.08 Å². The molecular weight excluding hydrogens is 280 g/mol. The van der Waals surface area contributed by atoms with E-state index in [1.807, 2.05) is 25.2 Å². The summed E-state index contributed by atoms with van der Waals surface area (Å²) in [6.45, 7) is 0. The van der Waals surface area contributed by atoms with Gasteiger partial charge in [-0.3, -0.25) is 0 Å². The van der Waals surface area contributed by atoms with Gasteiger partial charge in [0.15, 0.2) is 5.11 Å². The molecule has 0 heterocycles. The van der Waals surface area contributed by atoms with Gasteiger partial charge in [-0.25, -0.2) is 0 Å². The van der Waals surface area contributed by atoms with Gasteiger partial charge in [0.1, 0.15) is 0 Å². The number of nitrogens with two attached hydrogens (primary N) is 1. The molecule has 0 unspecified atom stereocenters. The van der Waals surface area contributed by atoms with Gasteiger partial charge in [0.05, 0.1) is 0 Å². The average molecular weight is 302 g/mol. The Labute approximate surface area is 131 Å². The minimum atomic E-state index is 0.525. The maximum Gasteiger partial charge on any atom is 0.170 e. The molecule has 1 aliphatic carbocycles. The molecule has 0 atom stereocenters. The van der Waals surface area contributed by atoms with Crippen molar-refractivity contribution < 1.29 is 0 Å². The van der Waals surface area contributed by atoms with Gasteiger partial charge in [-0.05, 0) is 54.7 Å². The molecule has 0 radical (unpaired) electrons. The topological polar surface area (TPSA) is 73.9 Å². The van der Waals surface area contributed by atoms with E-state index < -0.39 is 0 Å². The van der Waals surface area contributed by atoms with Crippen molar-refractivity contribution in [3.05, 3.63) is 35.0 Å². The Balaban J connectivity index is 2.29. The summed E-state index contributed by atoms with van der Waals surface area (Å²) >= 11 is 5.23. The van der Waals surface area contributed by atoms with E-state index in [0.717, 1.165) is 16.8 Å². The summed E-state index contributed by atoms with van der Waals surface area (Å²) in [7, 11) is 1.82. The highest BCUT2D eigenvalue weighted by atomic mass is 32.1. The number of hydrogen-bond acceptors (Lipinski definition) is 3. The smallest absolute Gasteiger partial charge is 0.170 e. The number of thiocarbonyl (C=S) groups is 1. The Morgan fingerprint density at radius 1 is 1.38 bits per heavy atom. The predicted octanol–water partition coefficient (Wildman–Crippen LogP) is 2.89. The first-order valence-corrected chi connectivity index (χ1v) is 7.65. The average Bonchev–Trinajstić information content (AvgIpc) is 3.02. The van der Waals surface area contributed by atoms with Crippen molar-refractivity contribution in [3.63, 3.8) is 0 Å². The monoisotopic (exact) mass is 302 g/mol. The molecule has 5 heteroatoms. The SMILES string of the molecule is CNC(=S)N/C(=C\c1ccc(N)c(C=N)c1)C1CCCC1. The van der Waals surface area contributed by atoms with E-state index in [4.69, 9.17) is 23.4 Å². The van der Waals surface area contributed by atoms with Gasteiger partial charge < -0.3 is 21.8 Å². The minimum absolute atomic E-state index is 0.525. The van der Waals surface area contributed by atoms with Crippen LogP contribution in [0.5, 0.6) is 0 Å². The molecule has 1 fully saturated rings. The fourth-order valence-corrected chi connectivity index (χ4v) is 2.79. The van der Waals surface area contributed by atoms with Crippen LogP contribution >= 0.6 is 12.2 Å². The van der Waals surface area contributed by atoms with Crippen LogP contribution in [0.4, 0.5) is 5.69 Å². The first-order valence-electron chi connectivity index (χ1n) is 7.24. The van der Waals surface area contributed by atoms with Crippen LogP contribution < -0.4 is 16.4 Å². The standard InChI is InChI=1S/C16H22N4S/c1-19-16(21)20-15(12-4-2-3-5-12)9-11-6-7-14(18)13(8-11)10-17/h6-10,12,17H,2-5,18H2,1H3,(H2,19,20,21)/b15-9-,17-10?. The highest BCUT2D eigenvalue weighted by molar-refractivity contribution is 7.80.